The molecular formula is C8H11BrN2O2S. The first-order valence-corrected chi connectivity index (χ1v) is 6.67. The van der Waals surface area contributed by atoms with E-state index in [-0.39, 0.29) is 0 Å². The number of halogens is 1. The third kappa shape index (κ3) is 2.68. The predicted molar refractivity (Wildman–Crippen MR) is 59.8 cm³/mol. The lowest BCUT2D eigenvalue weighted by molar-refractivity contribution is 0.597. The Morgan fingerprint density at radius 3 is 2.57 bits per heavy atom. The molecule has 0 aliphatic heterocycles. The summed E-state index contributed by atoms with van der Waals surface area (Å²) in [6, 6.07) is 1.72. The first kappa shape index (κ1) is 11.5. The zero-order chi connectivity index (χ0) is 10.8. The first-order valence-electron chi connectivity index (χ1n) is 4.03. The molecule has 0 aromatic carbocycles. The Balaban J connectivity index is 3.14. The second-order valence-electron chi connectivity index (χ2n) is 2.79. The van der Waals surface area contributed by atoms with Crippen molar-refractivity contribution in [3.8, 4) is 0 Å². The van der Waals surface area contributed by atoms with Gasteiger partial charge in [-0.25, -0.2) is 8.42 Å². The normalized spacial score (nSPS) is 11.4. The summed E-state index contributed by atoms with van der Waals surface area (Å²) in [5.41, 5.74) is 0.573. The molecule has 0 saturated heterocycles. The van der Waals surface area contributed by atoms with Crippen molar-refractivity contribution >= 4 is 31.6 Å². The van der Waals surface area contributed by atoms with Gasteiger partial charge in [-0.05, 0) is 28.9 Å². The second kappa shape index (κ2) is 4.27. The van der Waals surface area contributed by atoms with E-state index in [2.05, 4.69) is 20.9 Å². The molecule has 0 spiro atoms. The van der Waals surface area contributed by atoms with Crippen LogP contribution in [0.4, 0.5) is 5.69 Å². The molecule has 0 amide bonds. The fraction of sp³-hybridized carbons (Fsp3) is 0.375. The van der Waals surface area contributed by atoms with Gasteiger partial charge in [-0.2, -0.15) is 0 Å². The van der Waals surface area contributed by atoms with Crippen LogP contribution in [0.5, 0.6) is 0 Å². The number of nitrogens with zero attached hydrogens (tertiary/aromatic N) is 2. The van der Waals surface area contributed by atoms with Crippen molar-refractivity contribution in [2.45, 2.75) is 6.92 Å². The third-order valence-electron chi connectivity index (χ3n) is 1.67. The molecule has 78 valence electrons. The Kier molecular flexibility index (Phi) is 3.49. The highest BCUT2D eigenvalue weighted by Gasteiger charge is 2.15. The Labute approximate surface area is 92.1 Å². The number of rotatable bonds is 3. The summed E-state index contributed by atoms with van der Waals surface area (Å²) in [5, 5.41) is 0. The summed E-state index contributed by atoms with van der Waals surface area (Å²) in [5.74, 6) is 0. The molecule has 0 radical (unpaired) electrons. The van der Waals surface area contributed by atoms with Gasteiger partial charge in [0.15, 0.2) is 0 Å². The summed E-state index contributed by atoms with van der Waals surface area (Å²) in [7, 11) is -3.21. The predicted octanol–water partition coefficient (Wildman–Crippen LogP) is 1.63. The molecule has 0 aliphatic carbocycles. The van der Waals surface area contributed by atoms with Crippen molar-refractivity contribution in [3.63, 3.8) is 0 Å². The van der Waals surface area contributed by atoms with Gasteiger partial charge in [-0.15, -0.1) is 0 Å². The van der Waals surface area contributed by atoms with Gasteiger partial charge in [0, 0.05) is 17.2 Å². The summed E-state index contributed by atoms with van der Waals surface area (Å²) in [6.07, 6.45) is 4.31. The van der Waals surface area contributed by atoms with Gasteiger partial charge in [-0.1, -0.05) is 0 Å². The molecular weight excluding hydrogens is 268 g/mol. The van der Waals surface area contributed by atoms with Crippen LogP contribution in [0.25, 0.3) is 0 Å². The fourth-order valence-electron chi connectivity index (χ4n) is 1.15. The van der Waals surface area contributed by atoms with Crippen LogP contribution in [-0.2, 0) is 10.0 Å². The van der Waals surface area contributed by atoms with Gasteiger partial charge >= 0.3 is 0 Å². The number of anilines is 1. The first-order chi connectivity index (χ1) is 6.45. The monoisotopic (exact) mass is 278 g/mol. The van der Waals surface area contributed by atoms with Crippen LogP contribution in [0, 0.1) is 0 Å². The van der Waals surface area contributed by atoms with Gasteiger partial charge in [0.25, 0.3) is 0 Å². The summed E-state index contributed by atoms with van der Waals surface area (Å²) in [6.45, 7) is 2.18. The van der Waals surface area contributed by atoms with E-state index < -0.39 is 10.0 Å². The van der Waals surface area contributed by atoms with E-state index in [1.807, 2.05) is 0 Å². The van der Waals surface area contributed by atoms with Crippen molar-refractivity contribution in [1.82, 2.24) is 4.98 Å². The van der Waals surface area contributed by atoms with Crippen LogP contribution in [0.3, 0.4) is 0 Å². The standard InChI is InChI=1S/C8H11BrN2O2S/c1-3-11(14(2,12)13)8-4-7(9)5-10-6-8/h4-6H,3H2,1-2H3. The number of hydrogen-bond acceptors (Lipinski definition) is 3. The minimum atomic E-state index is -3.21. The third-order valence-corrected chi connectivity index (χ3v) is 3.37. The molecule has 0 unspecified atom stereocenters. The number of sulfonamides is 1. The summed E-state index contributed by atoms with van der Waals surface area (Å²) < 4.78 is 24.8. The maximum absolute atomic E-state index is 11.4. The van der Waals surface area contributed by atoms with Crippen molar-refractivity contribution in [2.75, 3.05) is 17.1 Å². The Morgan fingerprint density at radius 1 is 1.50 bits per heavy atom. The SMILES string of the molecule is CCN(c1cncc(Br)c1)S(C)(=O)=O. The van der Waals surface area contributed by atoms with Gasteiger partial charge in [0.2, 0.25) is 10.0 Å². The zero-order valence-corrected chi connectivity index (χ0v) is 10.3. The molecule has 0 fully saturated rings. The second-order valence-corrected chi connectivity index (χ2v) is 5.61. The quantitative estimate of drug-likeness (QED) is 0.845. The van der Waals surface area contributed by atoms with E-state index in [4.69, 9.17) is 0 Å². The Morgan fingerprint density at radius 2 is 2.14 bits per heavy atom. The van der Waals surface area contributed by atoms with Gasteiger partial charge in [0.1, 0.15) is 0 Å². The van der Waals surface area contributed by atoms with Crippen LogP contribution >= 0.6 is 15.9 Å². The van der Waals surface area contributed by atoms with Crippen LogP contribution in [0.15, 0.2) is 22.9 Å². The van der Waals surface area contributed by atoms with Crippen molar-refractivity contribution in [2.24, 2.45) is 0 Å². The lowest BCUT2D eigenvalue weighted by Crippen LogP contribution is -2.29. The number of hydrogen-bond donors (Lipinski definition) is 0. The summed E-state index contributed by atoms with van der Waals surface area (Å²) in [4.78, 5) is 3.91. The molecule has 0 atom stereocenters. The molecule has 6 heteroatoms. The average molecular weight is 279 g/mol. The van der Waals surface area contributed by atoms with Crippen LogP contribution < -0.4 is 4.31 Å². The maximum atomic E-state index is 11.4. The highest BCUT2D eigenvalue weighted by atomic mass is 79.9. The Hall–Kier alpha value is -0.620. The topological polar surface area (TPSA) is 50.3 Å². The van der Waals surface area contributed by atoms with Gasteiger partial charge < -0.3 is 0 Å². The van der Waals surface area contributed by atoms with E-state index in [1.54, 1.807) is 19.2 Å². The lowest BCUT2D eigenvalue weighted by Gasteiger charge is -2.19. The minimum Gasteiger partial charge on any atom is -0.269 e. The van der Waals surface area contributed by atoms with Crippen LogP contribution in [0.2, 0.25) is 0 Å². The molecule has 14 heavy (non-hydrogen) atoms. The molecule has 1 aromatic rings. The van der Waals surface area contributed by atoms with Gasteiger partial charge in [-0.3, -0.25) is 9.29 Å². The molecule has 0 bridgehead atoms. The summed E-state index contributed by atoms with van der Waals surface area (Å²) >= 11 is 3.24. The van der Waals surface area contributed by atoms with E-state index in [1.165, 1.54) is 16.8 Å². The highest BCUT2D eigenvalue weighted by Crippen LogP contribution is 2.19. The lowest BCUT2D eigenvalue weighted by atomic mass is 10.4. The zero-order valence-electron chi connectivity index (χ0n) is 7.94. The molecule has 0 N–H and O–H groups in total. The molecule has 1 aromatic heterocycles. The van der Waals surface area contributed by atoms with Crippen LogP contribution in [-0.4, -0.2) is 26.2 Å². The molecule has 0 saturated carbocycles. The average Bonchev–Trinajstić information content (AvgIpc) is 2.02. The van der Waals surface area contributed by atoms with E-state index in [0.717, 1.165) is 4.47 Å². The van der Waals surface area contributed by atoms with E-state index in [9.17, 15) is 8.42 Å². The van der Waals surface area contributed by atoms with Crippen LogP contribution in [0.1, 0.15) is 6.92 Å². The fourth-order valence-corrected chi connectivity index (χ4v) is 2.45. The van der Waals surface area contributed by atoms with Crippen molar-refractivity contribution < 1.29 is 8.42 Å². The van der Waals surface area contributed by atoms with E-state index >= 15 is 0 Å². The maximum Gasteiger partial charge on any atom is 0.232 e. The minimum absolute atomic E-state index is 0.400. The van der Waals surface area contributed by atoms with Crippen molar-refractivity contribution in [3.05, 3.63) is 22.9 Å². The van der Waals surface area contributed by atoms with E-state index in [0.29, 0.717) is 12.2 Å². The molecule has 1 rings (SSSR count). The Bertz CT molecular complexity index is 419. The molecule has 0 aliphatic rings. The molecule has 1 heterocycles. The largest absolute Gasteiger partial charge is 0.269 e. The molecule has 4 nitrogen and oxygen atoms in total. The highest BCUT2D eigenvalue weighted by molar-refractivity contribution is 9.10. The van der Waals surface area contributed by atoms with Gasteiger partial charge in [0.05, 0.1) is 18.1 Å². The number of pyridine rings is 1. The van der Waals surface area contributed by atoms with Crippen molar-refractivity contribution in [1.29, 1.82) is 0 Å². The smallest absolute Gasteiger partial charge is 0.232 e. The number of aromatic nitrogens is 1.